The molecular weight excluding hydrogens is 262 g/mol. The first-order valence-corrected chi connectivity index (χ1v) is 7.03. The molecule has 0 saturated carbocycles. The lowest BCUT2D eigenvalue weighted by Gasteiger charge is -2.15. The van der Waals surface area contributed by atoms with Crippen molar-refractivity contribution in [3.8, 4) is 0 Å². The zero-order chi connectivity index (χ0) is 15.4. The predicted molar refractivity (Wildman–Crippen MR) is 88.1 cm³/mol. The van der Waals surface area contributed by atoms with Crippen LogP contribution in [0.5, 0.6) is 0 Å². The number of rotatable bonds is 4. The summed E-state index contributed by atoms with van der Waals surface area (Å²) in [5, 5.41) is 6.14. The van der Waals surface area contributed by atoms with Crippen LogP contribution in [0.25, 0.3) is 0 Å². The molecule has 2 aromatic carbocycles. The summed E-state index contributed by atoms with van der Waals surface area (Å²) in [4.78, 5) is 12.2. The van der Waals surface area contributed by atoms with Gasteiger partial charge in [0.05, 0.1) is 11.3 Å². The molecule has 0 spiro atoms. The van der Waals surface area contributed by atoms with Crippen LogP contribution in [0.4, 0.5) is 17.1 Å². The number of hydrogen-bond acceptors (Lipinski definition) is 3. The van der Waals surface area contributed by atoms with Crippen molar-refractivity contribution in [2.45, 2.75) is 20.8 Å². The predicted octanol–water partition coefficient (Wildman–Crippen LogP) is 3.38. The molecule has 0 radical (unpaired) electrons. The maximum atomic E-state index is 12.2. The lowest BCUT2D eigenvalue weighted by Crippen LogP contribution is -2.23. The highest BCUT2D eigenvalue weighted by Crippen LogP contribution is 2.26. The Hall–Kier alpha value is -2.49. The summed E-state index contributed by atoms with van der Waals surface area (Å²) in [6, 6.07) is 11.5. The molecule has 4 N–H and O–H groups in total. The van der Waals surface area contributed by atoms with Crippen LogP contribution in [0.2, 0.25) is 0 Å². The number of aryl methyl sites for hydroxylation is 2. The number of carbonyl (C=O) groups is 1. The Balaban J connectivity index is 2.39. The van der Waals surface area contributed by atoms with Gasteiger partial charge in [-0.05, 0) is 56.2 Å². The van der Waals surface area contributed by atoms with Gasteiger partial charge < -0.3 is 16.4 Å². The molecule has 0 aliphatic rings. The Bertz CT molecular complexity index is 665. The standard InChI is InChI=1S/C17H21N3O/c1-4-19-17(21)14-10-13(18)7-8-15(14)20-16-9-11(2)5-6-12(16)3/h5-10,20H,4,18H2,1-3H3,(H,19,21). The van der Waals surface area contributed by atoms with Crippen LogP contribution >= 0.6 is 0 Å². The number of benzene rings is 2. The third-order valence-electron chi connectivity index (χ3n) is 3.29. The lowest BCUT2D eigenvalue weighted by molar-refractivity contribution is 0.0956. The highest BCUT2D eigenvalue weighted by atomic mass is 16.1. The van der Waals surface area contributed by atoms with Crippen LogP contribution in [0.3, 0.4) is 0 Å². The number of nitrogens with two attached hydrogens (primary N) is 1. The molecular formula is C17H21N3O. The first kappa shape index (κ1) is 14.9. The fraction of sp³-hybridized carbons (Fsp3) is 0.235. The van der Waals surface area contributed by atoms with Gasteiger partial charge in [0.25, 0.3) is 5.91 Å². The third-order valence-corrected chi connectivity index (χ3v) is 3.29. The number of nitrogens with one attached hydrogen (secondary N) is 2. The fourth-order valence-corrected chi connectivity index (χ4v) is 2.13. The molecule has 2 rings (SSSR count). The molecule has 0 atom stereocenters. The zero-order valence-electron chi connectivity index (χ0n) is 12.7. The van der Waals surface area contributed by atoms with Crippen LogP contribution in [-0.4, -0.2) is 12.5 Å². The Morgan fingerprint density at radius 1 is 1.10 bits per heavy atom. The SMILES string of the molecule is CCNC(=O)c1cc(N)ccc1Nc1cc(C)ccc1C. The molecule has 0 aliphatic heterocycles. The molecule has 0 aromatic heterocycles. The first-order valence-electron chi connectivity index (χ1n) is 7.03. The minimum Gasteiger partial charge on any atom is -0.399 e. The van der Waals surface area contributed by atoms with Gasteiger partial charge in [0.2, 0.25) is 0 Å². The fourth-order valence-electron chi connectivity index (χ4n) is 2.13. The van der Waals surface area contributed by atoms with E-state index in [1.54, 1.807) is 12.1 Å². The van der Waals surface area contributed by atoms with E-state index >= 15 is 0 Å². The third kappa shape index (κ3) is 3.54. The van der Waals surface area contributed by atoms with E-state index in [4.69, 9.17) is 5.73 Å². The topological polar surface area (TPSA) is 67.2 Å². The smallest absolute Gasteiger partial charge is 0.253 e. The highest BCUT2D eigenvalue weighted by Gasteiger charge is 2.12. The van der Waals surface area contributed by atoms with Crippen molar-refractivity contribution in [3.63, 3.8) is 0 Å². The Labute approximate surface area is 125 Å². The van der Waals surface area contributed by atoms with Crippen molar-refractivity contribution in [2.75, 3.05) is 17.6 Å². The van der Waals surface area contributed by atoms with Crippen molar-refractivity contribution in [1.82, 2.24) is 5.32 Å². The quantitative estimate of drug-likeness (QED) is 0.754. The Kier molecular flexibility index (Phi) is 4.48. The van der Waals surface area contributed by atoms with E-state index in [1.165, 1.54) is 0 Å². The summed E-state index contributed by atoms with van der Waals surface area (Å²) in [5.41, 5.74) is 11.0. The maximum absolute atomic E-state index is 12.2. The van der Waals surface area contributed by atoms with Gasteiger partial charge in [-0.1, -0.05) is 12.1 Å². The summed E-state index contributed by atoms with van der Waals surface area (Å²) in [7, 11) is 0. The van der Waals surface area contributed by atoms with Gasteiger partial charge in [-0.15, -0.1) is 0 Å². The molecule has 0 aliphatic carbocycles. The number of hydrogen-bond donors (Lipinski definition) is 3. The van der Waals surface area contributed by atoms with E-state index in [2.05, 4.69) is 28.8 Å². The molecule has 0 bridgehead atoms. The second-order valence-corrected chi connectivity index (χ2v) is 5.11. The second-order valence-electron chi connectivity index (χ2n) is 5.11. The molecule has 0 unspecified atom stereocenters. The van der Waals surface area contributed by atoms with Crippen LogP contribution < -0.4 is 16.4 Å². The molecule has 0 heterocycles. The summed E-state index contributed by atoms with van der Waals surface area (Å²) >= 11 is 0. The van der Waals surface area contributed by atoms with E-state index in [0.717, 1.165) is 22.5 Å². The van der Waals surface area contributed by atoms with Crippen molar-refractivity contribution in [1.29, 1.82) is 0 Å². The van der Waals surface area contributed by atoms with Crippen molar-refractivity contribution in [2.24, 2.45) is 0 Å². The number of amides is 1. The number of anilines is 3. The van der Waals surface area contributed by atoms with E-state index < -0.39 is 0 Å². The minimum atomic E-state index is -0.127. The van der Waals surface area contributed by atoms with Crippen LogP contribution in [-0.2, 0) is 0 Å². The Morgan fingerprint density at radius 3 is 2.57 bits per heavy atom. The molecule has 0 fully saturated rings. The molecule has 1 amide bonds. The van der Waals surface area contributed by atoms with Gasteiger partial charge in [0.1, 0.15) is 0 Å². The van der Waals surface area contributed by atoms with Gasteiger partial charge in [0.15, 0.2) is 0 Å². The summed E-state index contributed by atoms with van der Waals surface area (Å²) in [6.45, 7) is 6.54. The first-order chi connectivity index (χ1) is 10.0. The number of carbonyl (C=O) groups excluding carboxylic acids is 1. The average Bonchev–Trinajstić information content (AvgIpc) is 2.45. The summed E-state index contributed by atoms with van der Waals surface area (Å²) in [5.74, 6) is -0.127. The van der Waals surface area contributed by atoms with E-state index in [0.29, 0.717) is 17.8 Å². The summed E-state index contributed by atoms with van der Waals surface area (Å²) < 4.78 is 0. The van der Waals surface area contributed by atoms with Gasteiger partial charge in [0, 0.05) is 17.9 Å². The van der Waals surface area contributed by atoms with Crippen LogP contribution in [0, 0.1) is 13.8 Å². The van der Waals surface area contributed by atoms with Gasteiger partial charge in [-0.3, -0.25) is 4.79 Å². The molecule has 110 valence electrons. The molecule has 0 saturated heterocycles. The lowest BCUT2D eigenvalue weighted by atomic mass is 10.1. The highest BCUT2D eigenvalue weighted by molar-refractivity contribution is 6.01. The van der Waals surface area contributed by atoms with Crippen molar-refractivity contribution >= 4 is 23.0 Å². The van der Waals surface area contributed by atoms with Gasteiger partial charge in [-0.2, -0.15) is 0 Å². The maximum Gasteiger partial charge on any atom is 0.253 e. The largest absolute Gasteiger partial charge is 0.399 e. The molecule has 4 nitrogen and oxygen atoms in total. The average molecular weight is 283 g/mol. The molecule has 2 aromatic rings. The normalized spacial score (nSPS) is 10.2. The van der Waals surface area contributed by atoms with Crippen LogP contribution in [0.1, 0.15) is 28.4 Å². The summed E-state index contributed by atoms with van der Waals surface area (Å²) in [6.07, 6.45) is 0. The van der Waals surface area contributed by atoms with Crippen molar-refractivity contribution in [3.05, 3.63) is 53.1 Å². The minimum absolute atomic E-state index is 0.127. The van der Waals surface area contributed by atoms with E-state index in [1.807, 2.05) is 26.8 Å². The molecule has 21 heavy (non-hydrogen) atoms. The van der Waals surface area contributed by atoms with Gasteiger partial charge in [-0.25, -0.2) is 0 Å². The monoisotopic (exact) mass is 283 g/mol. The second kappa shape index (κ2) is 6.31. The molecule has 4 heteroatoms. The number of nitrogen functional groups attached to an aromatic ring is 1. The van der Waals surface area contributed by atoms with E-state index in [-0.39, 0.29) is 5.91 Å². The van der Waals surface area contributed by atoms with Gasteiger partial charge >= 0.3 is 0 Å². The van der Waals surface area contributed by atoms with Crippen LogP contribution in [0.15, 0.2) is 36.4 Å². The van der Waals surface area contributed by atoms with E-state index in [9.17, 15) is 4.79 Å². The Morgan fingerprint density at radius 2 is 1.86 bits per heavy atom. The zero-order valence-corrected chi connectivity index (χ0v) is 12.7. The van der Waals surface area contributed by atoms with Crippen molar-refractivity contribution < 1.29 is 4.79 Å².